The summed E-state index contributed by atoms with van der Waals surface area (Å²) in [5, 5.41) is 9.85. The molecule has 1 aromatic carbocycles. The summed E-state index contributed by atoms with van der Waals surface area (Å²) in [5.41, 5.74) is -0.865. The maximum absolute atomic E-state index is 14.4. The summed E-state index contributed by atoms with van der Waals surface area (Å²) in [6.45, 7) is 0.310. The van der Waals surface area contributed by atoms with Crippen LogP contribution in [0.4, 0.5) is 17.6 Å². The average molecular weight is 481 g/mol. The Morgan fingerprint density at radius 2 is 1.94 bits per heavy atom. The van der Waals surface area contributed by atoms with Gasteiger partial charge < -0.3 is 29.0 Å². The first-order valence-electron chi connectivity index (χ1n) is 10.7. The highest BCUT2D eigenvalue weighted by Gasteiger charge is 2.48. The van der Waals surface area contributed by atoms with Crippen LogP contribution in [-0.2, 0) is 22.1 Å². The van der Waals surface area contributed by atoms with Crippen LogP contribution in [0.5, 0.6) is 11.8 Å². The number of aromatic nitrogens is 3. The first-order valence-corrected chi connectivity index (χ1v) is 10.7. The number of H-pyrrole nitrogens is 1. The van der Waals surface area contributed by atoms with Crippen LogP contribution in [0.15, 0.2) is 24.3 Å². The summed E-state index contributed by atoms with van der Waals surface area (Å²) in [4.78, 5) is 11.1. The Labute approximate surface area is 189 Å². The normalized spacial score (nSPS) is 28.2. The Morgan fingerprint density at radius 3 is 2.76 bits per heavy atom. The number of hydrogen-bond acceptors (Lipinski definition) is 7. The second kappa shape index (κ2) is 7.79. The number of nitrogens with one attached hydrogen (secondary N) is 1. The molecule has 34 heavy (non-hydrogen) atoms. The van der Waals surface area contributed by atoms with Gasteiger partial charge in [0.05, 0.1) is 36.6 Å². The third-order valence-electron chi connectivity index (χ3n) is 6.38. The monoisotopic (exact) mass is 481 g/mol. The molecule has 8 nitrogen and oxygen atoms in total. The number of aliphatic hydroxyl groups is 1. The Balaban J connectivity index is 1.31. The molecule has 2 N–H and O–H groups in total. The molecule has 2 saturated heterocycles. The lowest BCUT2D eigenvalue weighted by molar-refractivity contribution is -0.138. The topological polar surface area (TPSA) is 98.7 Å². The minimum atomic E-state index is -4.68. The molecule has 2 fully saturated rings. The number of pyridine rings is 1. The van der Waals surface area contributed by atoms with Crippen molar-refractivity contribution in [3.63, 3.8) is 0 Å². The quantitative estimate of drug-likeness (QED) is 0.553. The Bertz CT molecular complexity index is 1250. The molecule has 2 aromatic heterocycles. The van der Waals surface area contributed by atoms with Gasteiger partial charge >= 0.3 is 6.18 Å². The third kappa shape index (κ3) is 3.56. The zero-order valence-corrected chi connectivity index (χ0v) is 17.5. The maximum Gasteiger partial charge on any atom is 0.418 e. The number of rotatable bonds is 4. The molecule has 12 heteroatoms. The molecular formula is C22H19F4N3O5. The van der Waals surface area contributed by atoms with Gasteiger partial charge in [-0.25, -0.2) is 9.37 Å². The van der Waals surface area contributed by atoms with Crippen molar-refractivity contribution < 1.29 is 41.6 Å². The number of alkyl halides is 3. The van der Waals surface area contributed by atoms with E-state index in [1.807, 2.05) is 0 Å². The summed E-state index contributed by atoms with van der Waals surface area (Å²) in [6, 6.07) is 5.22. The molecule has 180 valence electrons. The number of nitrogens with zero attached hydrogens (tertiary/aromatic N) is 2. The van der Waals surface area contributed by atoms with Crippen LogP contribution in [0.2, 0.25) is 0 Å². The van der Waals surface area contributed by atoms with Crippen LogP contribution < -0.4 is 9.47 Å². The minimum absolute atomic E-state index is 0.0346. The number of fused-ring (bicyclic) bond motifs is 3. The zero-order valence-electron chi connectivity index (χ0n) is 17.5. The van der Waals surface area contributed by atoms with Gasteiger partial charge in [0, 0.05) is 17.9 Å². The van der Waals surface area contributed by atoms with E-state index >= 15 is 0 Å². The van der Waals surface area contributed by atoms with Crippen LogP contribution in [0.3, 0.4) is 0 Å². The van der Waals surface area contributed by atoms with Crippen molar-refractivity contribution in [3.8, 4) is 11.8 Å². The van der Waals surface area contributed by atoms with Crippen molar-refractivity contribution in [2.24, 2.45) is 0 Å². The number of benzene rings is 1. The average Bonchev–Trinajstić information content (AvgIpc) is 3.54. The second-order valence-electron chi connectivity index (χ2n) is 8.58. The van der Waals surface area contributed by atoms with E-state index in [0.717, 1.165) is 6.07 Å². The van der Waals surface area contributed by atoms with Crippen LogP contribution in [0.1, 0.15) is 22.7 Å². The molecule has 6 rings (SSSR count). The molecule has 0 saturated carbocycles. The Kier molecular flexibility index (Phi) is 4.94. The van der Waals surface area contributed by atoms with Gasteiger partial charge in [-0.3, -0.25) is 0 Å². The van der Waals surface area contributed by atoms with E-state index in [9.17, 15) is 22.7 Å². The first-order chi connectivity index (χ1) is 16.3. The molecule has 0 bridgehead atoms. The lowest BCUT2D eigenvalue weighted by atomic mass is 9.93. The van der Waals surface area contributed by atoms with E-state index in [2.05, 4.69) is 15.0 Å². The maximum atomic E-state index is 14.4. The SMILES string of the molecule is O[C@@H]1CO[C@H]2[C@@H]1OC[C@H]2Oc1nc2nc(C[C@H]3COc4cccc(F)c43)c(C(F)(F)F)cc2[nH]1. The van der Waals surface area contributed by atoms with Gasteiger partial charge in [0.1, 0.15) is 29.9 Å². The summed E-state index contributed by atoms with van der Waals surface area (Å²) < 4.78 is 78.2. The lowest BCUT2D eigenvalue weighted by Gasteiger charge is -2.15. The molecule has 0 radical (unpaired) electrons. The molecule has 3 aliphatic heterocycles. The van der Waals surface area contributed by atoms with Crippen LogP contribution in [0.25, 0.3) is 11.2 Å². The fourth-order valence-corrected chi connectivity index (χ4v) is 4.81. The van der Waals surface area contributed by atoms with E-state index in [1.165, 1.54) is 12.1 Å². The number of halogens is 4. The third-order valence-corrected chi connectivity index (χ3v) is 6.38. The largest absolute Gasteiger partial charge is 0.493 e. The number of aliphatic hydroxyl groups excluding tert-OH is 1. The van der Waals surface area contributed by atoms with Crippen molar-refractivity contribution in [1.82, 2.24) is 15.0 Å². The zero-order chi connectivity index (χ0) is 23.6. The van der Waals surface area contributed by atoms with Gasteiger partial charge in [-0.15, -0.1) is 0 Å². The van der Waals surface area contributed by atoms with Crippen molar-refractivity contribution in [3.05, 3.63) is 46.9 Å². The van der Waals surface area contributed by atoms with E-state index in [-0.39, 0.29) is 54.7 Å². The van der Waals surface area contributed by atoms with Crippen LogP contribution in [0, 0.1) is 5.82 Å². The van der Waals surface area contributed by atoms with Gasteiger partial charge in [0.15, 0.2) is 11.8 Å². The number of ether oxygens (including phenoxy) is 4. The van der Waals surface area contributed by atoms with E-state index in [0.29, 0.717) is 5.75 Å². The van der Waals surface area contributed by atoms with Gasteiger partial charge in [-0.2, -0.15) is 18.2 Å². The number of aromatic amines is 1. The highest BCUT2D eigenvalue weighted by Crippen LogP contribution is 2.40. The predicted molar refractivity (Wildman–Crippen MR) is 107 cm³/mol. The van der Waals surface area contributed by atoms with Crippen molar-refractivity contribution in [1.29, 1.82) is 0 Å². The first kappa shape index (κ1) is 21.6. The number of imidazole rings is 1. The lowest BCUT2D eigenvalue weighted by Crippen LogP contribution is -2.34. The summed E-state index contributed by atoms with van der Waals surface area (Å²) in [5.74, 6) is -0.816. The van der Waals surface area contributed by atoms with E-state index in [1.54, 1.807) is 6.07 Å². The molecule has 3 aliphatic rings. The van der Waals surface area contributed by atoms with Crippen LogP contribution >= 0.6 is 0 Å². The molecule has 5 heterocycles. The van der Waals surface area contributed by atoms with Gasteiger partial charge in [0.25, 0.3) is 6.01 Å². The fourth-order valence-electron chi connectivity index (χ4n) is 4.81. The smallest absolute Gasteiger partial charge is 0.418 e. The summed E-state index contributed by atoms with van der Waals surface area (Å²) in [7, 11) is 0. The molecule has 0 spiro atoms. The fraction of sp³-hybridized carbons (Fsp3) is 0.455. The van der Waals surface area contributed by atoms with E-state index < -0.39 is 47.9 Å². The van der Waals surface area contributed by atoms with Gasteiger partial charge in [-0.05, 0) is 18.2 Å². The molecule has 3 aromatic rings. The molecule has 0 unspecified atom stereocenters. The van der Waals surface area contributed by atoms with E-state index in [4.69, 9.17) is 18.9 Å². The standard InChI is InChI=1S/C22H19F4N3O5/c23-11-2-1-3-15-17(11)9(6-31-15)4-12-10(22(24,25)26)5-13-20(27-12)29-21(28-13)34-16-8-33-18-14(30)7-32-19(16)18/h1-3,5,9,14,16,18-19,30H,4,6-8H2,(H,27,28,29)/t9-,14+,16+,18+,19+/m0/s1. The summed E-state index contributed by atoms with van der Waals surface area (Å²) >= 11 is 0. The number of hydrogen-bond donors (Lipinski definition) is 2. The van der Waals surface area contributed by atoms with Crippen molar-refractivity contribution in [2.75, 3.05) is 19.8 Å². The molecule has 5 atom stereocenters. The summed E-state index contributed by atoms with van der Waals surface area (Å²) in [6.07, 6.45) is -7.22. The highest BCUT2D eigenvalue weighted by atomic mass is 19.4. The Morgan fingerprint density at radius 1 is 1.12 bits per heavy atom. The van der Waals surface area contributed by atoms with Crippen molar-refractivity contribution >= 4 is 11.2 Å². The molecular weight excluding hydrogens is 462 g/mol. The second-order valence-corrected chi connectivity index (χ2v) is 8.58. The molecule has 0 amide bonds. The van der Waals surface area contributed by atoms with Crippen molar-refractivity contribution in [2.45, 2.75) is 42.9 Å². The highest BCUT2D eigenvalue weighted by molar-refractivity contribution is 5.73. The molecule has 0 aliphatic carbocycles. The van der Waals surface area contributed by atoms with Gasteiger partial charge in [-0.1, -0.05) is 6.07 Å². The predicted octanol–water partition coefficient (Wildman–Crippen LogP) is 2.74. The Hall–Kier alpha value is -2.96. The minimum Gasteiger partial charge on any atom is -0.493 e. The van der Waals surface area contributed by atoms with Gasteiger partial charge in [0.2, 0.25) is 0 Å². The van der Waals surface area contributed by atoms with Crippen LogP contribution in [-0.4, -0.2) is 64.3 Å².